The number of pyridine rings is 1. The number of rotatable bonds is 8. The number of hydrogen-bond acceptors (Lipinski definition) is 6. The van der Waals surface area contributed by atoms with Gasteiger partial charge in [-0.3, -0.25) is 4.79 Å². The third-order valence-corrected chi connectivity index (χ3v) is 5.59. The molecule has 2 aromatic heterocycles. The molecule has 9 heteroatoms. The monoisotopic (exact) mass is 414 g/mol. The average molecular weight is 414 g/mol. The summed E-state index contributed by atoms with van der Waals surface area (Å²) in [6.45, 7) is 0.363. The highest BCUT2D eigenvalue weighted by Gasteiger charge is 2.16. The number of amides is 1. The smallest absolute Gasteiger partial charge is 0.251 e. The number of hydrogen-bond donors (Lipinski definition) is 2. The van der Waals surface area contributed by atoms with E-state index in [0.717, 1.165) is 11.4 Å². The maximum atomic E-state index is 12.4. The van der Waals surface area contributed by atoms with Gasteiger partial charge in [0.2, 0.25) is 10.0 Å². The van der Waals surface area contributed by atoms with Crippen molar-refractivity contribution in [1.29, 1.82) is 0 Å². The van der Waals surface area contributed by atoms with Crippen molar-refractivity contribution in [3.8, 4) is 0 Å². The predicted octanol–water partition coefficient (Wildman–Crippen LogP) is 2.15. The lowest BCUT2D eigenvalue weighted by molar-refractivity contribution is 0.0951. The first kappa shape index (κ1) is 20.6. The predicted molar refractivity (Wildman–Crippen MR) is 109 cm³/mol. The molecule has 0 spiro atoms. The maximum Gasteiger partial charge on any atom is 0.251 e. The normalized spacial score (nSPS) is 11.2. The molecule has 1 aromatic carbocycles. The molecule has 2 N–H and O–H groups in total. The zero-order valence-corrected chi connectivity index (χ0v) is 16.9. The number of aromatic nitrogens is 1. The van der Waals surface area contributed by atoms with Crippen LogP contribution in [0.1, 0.15) is 21.7 Å². The minimum absolute atomic E-state index is 0.0525. The lowest BCUT2D eigenvalue weighted by Gasteiger charge is -2.16. The van der Waals surface area contributed by atoms with Gasteiger partial charge in [0.25, 0.3) is 5.91 Å². The van der Waals surface area contributed by atoms with Crippen LogP contribution in [0.4, 0.5) is 5.82 Å². The van der Waals surface area contributed by atoms with Crippen LogP contribution in [0.5, 0.6) is 0 Å². The molecule has 0 radical (unpaired) electrons. The standard InChI is InChI=1S/C20H22N4O4S/c1-24(2)19-16(5-3-11-21-19)13-22-20(25)15-7-9-18(10-8-15)29(26,27)23-14-17-6-4-12-28-17/h3-12,23H,13-14H2,1-2H3,(H,22,25). The van der Waals surface area contributed by atoms with Gasteiger partial charge in [-0.15, -0.1) is 0 Å². The fraction of sp³-hybridized carbons (Fsp3) is 0.200. The summed E-state index contributed by atoms with van der Waals surface area (Å²) in [6.07, 6.45) is 3.17. The van der Waals surface area contributed by atoms with Crippen LogP contribution in [0.25, 0.3) is 0 Å². The summed E-state index contributed by atoms with van der Waals surface area (Å²) < 4.78 is 32.3. The molecule has 8 nitrogen and oxygen atoms in total. The van der Waals surface area contributed by atoms with Crippen molar-refractivity contribution in [3.05, 3.63) is 77.9 Å². The number of nitrogens with zero attached hydrogens (tertiary/aromatic N) is 2. The Morgan fingerprint density at radius 2 is 1.83 bits per heavy atom. The second kappa shape index (κ2) is 8.89. The first-order chi connectivity index (χ1) is 13.9. The van der Waals surface area contributed by atoms with E-state index in [0.29, 0.717) is 17.9 Å². The fourth-order valence-electron chi connectivity index (χ4n) is 2.70. The van der Waals surface area contributed by atoms with Crippen LogP contribution in [0.2, 0.25) is 0 Å². The Balaban J connectivity index is 1.63. The second-order valence-corrected chi connectivity index (χ2v) is 8.26. The van der Waals surface area contributed by atoms with Crippen molar-refractivity contribution < 1.29 is 17.6 Å². The molecule has 1 amide bonds. The minimum atomic E-state index is -3.70. The van der Waals surface area contributed by atoms with Gasteiger partial charge >= 0.3 is 0 Å². The summed E-state index contributed by atoms with van der Waals surface area (Å²) in [5, 5.41) is 2.83. The zero-order valence-electron chi connectivity index (χ0n) is 16.1. The van der Waals surface area contributed by atoms with Crippen molar-refractivity contribution in [2.45, 2.75) is 18.0 Å². The molecular weight excluding hydrogens is 392 g/mol. The van der Waals surface area contributed by atoms with Crippen LogP contribution in [0, 0.1) is 0 Å². The van der Waals surface area contributed by atoms with E-state index in [-0.39, 0.29) is 17.3 Å². The molecule has 0 aliphatic heterocycles. The molecule has 3 rings (SSSR count). The average Bonchev–Trinajstić information content (AvgIpc) is 3.24. The Morgan fingerprint density at radius 1 is 1.07 bits per heavy atom. The summed E-state index contributed by atoms with van der Waals surface area (Å²) in [5.41, 5.74) is 1.25. The van der Waals surface area contributed by atoms with Gasteiger partial charge in [0.05, 0.1) is 17.7 Å². The maximum absolute atomic E-state index is 12.4. The van der Waals surface area contributed by atoms with Gasteiger partial charge in [0.1, 0.15) is 11.6 Å². The first-order valence-corrected chi connectivity index (χ1v) is 10.4. The molecular formula is C20H22N4O4S. The van der Waals surface area contributed by atoms with Gasteiger partial charge in [0, 0.05) is 38.0 Å². The Hall–Kier alpha value is -3.17. The topological polar surface area (TPSA) is 105 Å². The third-order valence-electron chi connectivity index (χ3n) is 4.17. The molecule has 3 aromatic rings. The fourth-order valence-corrected chi connectivity index (χ4v) is 3.69. The van der Waals surface area contributed by atoms with E-state index in [4.69, 9.17) is 4.42 Å². The van der Waals surface area contributed by atoms with Gasteiger partial charge in [0.15, 0.2) is 0 Å². The number of nitrogens with one attached hydrogen (secondary N) is 2. The lowest BCUT2D eigenvalue weighted by atomic mass is 10.2. The SMILES string of the molecule is CN(C)c1ncccc1CNC(=O)c1ccc(S(=O)(=O)NCc2ccco2)cc1. The molecule has 0 bridgehead atoms. The van der Waals surface area contributed by atoms with E-state index in [1.165, 1.54) is 30.5 Å². The molecule has 0 saturated heterocycles. The van der Waals surface area contributed by atoms with Gasteiger partial charge < -0.3 is 14.6 Å². The van der Waals surface area contributed by atoms with Crippen LogP contribution in [-0.4, -0.2) is 33.4 Å². The number of anilines is 1. The number of furan rings is 1. The lowest BCUT2D eigenvalue weighted by Crippen LogP contribution is -2.25. The molecule has 29 heavy (non-hydrogen) atoms. The quantitative estimate of drug-likeness (QED) is 0.585. The molecule has 0 unspecified atom stereocenters. The number of sulfonamides is 1. The van der Waals surface area contributed by atoms with Crippen LogP contribution < -0.4 is 14.9 Å². The molecule has 0 atom stereocenters. The van der Waals surface area contributed by atoms with Gasteiger partial charge in [-0.25, -0.2) is 18.1 Å². The molecule has 0 saturated carbocycles. The number of carbonyl (C=O) groups excluding carboxylic acids is 1. The first-order valence-electron chi connectivity index (χ1n) is 8.88. The summed E-state index contributed by atoms with van der Waals surface area (Å²) in [6, 6.07) is 12.8. The Kier molecular flexibility index (Phi) is 6.30. The van der Waals surface area contributed by atoms with E-state index in [2.05, 4.69) is 15.0 Å². The largest absolute Gasteiger partial charge is 0.468 e. The zero-order chi connectivity index (χ0) is 20.9. The third kappa shape index (κ3) is 5.21. The van der Waals surface area contributed by atoms with Crippen molar-refractivity contribution in [1.82, 2.24) is 15.0 Å². The highest BCUT2D eigenvalue weighted by molar-refractivity contribution is 7.89. The van der Waals surface area contributed by atoms with Crippen LogP contribution in [-0.2, 0) is 23.1 Å². The van der Waals surface area contributed by atoms with Gasteiger partial charge in [-0.2, -0.15) is 0 Å². The van der Waals surface area contributed by atoms with Crippen LogP contribution >= 0.6 is 0 Å². The number of benzene rings is 1. The van der Waals surface area contributed by atoms with Crippen molar-refractivity contribution in [3.63, 3.8) is 0 Å². The van der Waals surface area contributed by atoms with Gasteiger partial charge in [-0.05, 0) is 42.5 Å². The van der Waals surface area contributed by atoms with Gasteiger partial charge in [-0.1, -0.05) is 6.07 Å². The Bertz CT molecular complexity index is 1060. The summed E-state index contributed by atoms with van der Waals surface area (Å²) in [5.74, 6) is 0.986. The van der Waals surface area contributed by atoms with E-state index in [1.807, 2.05) is 31.1 Å². The molecule has 2 heterocycles. The van der Waals surface area contributed by atoms with E-state index in [1.54, 1.807) is 18.3 Å². The minimum Gasteiger partial charge on any atom is -0.468 e. The molecule has 0 aliphatic carbocycles. The van der Waals surface area contributed by atoms with Crippen molar-refractivity contribution in [2.24, 2.45) is 0 Å². The van der Waals surface area contributed by atoms with E-state index >= 15 is 0 Å². The molecule has 0 fully saturated rings. The van der Waals surface area contributed by atoms with Crippen molar-refractivity contribution >= 4 is 21.7 Å². The molecule has 152 valence electrons. The summed E-state index contributed by atoms with van der Waals surface area (Å²) in [4.78, 5) is 18.7. The van der Waals surface area contributed by atoms with Crippen molar-refractivity contribution in [2.75, 3.05) is 19.0 Å². The highest BCUT2D eigenvalue weighted by atomic mass is 32.2. The van der Waals surface area contributed by atoms with E-state index in [9.17, 15) is 13.2 Å². The Labute approximate surface area is 169 Å². The summed E-state index contributed by atoms with van der Waals surface area (Å²) >= 11 is 0. The van der Waals surface area contributed by atoms with Crippen LogP contribution in [0.15, 0.2) is 70.3 Å². The highest BCUT2D eigenvalue weighted by Crippen LogP contribution is 2.15. The summed E-state index contributed by atoms with van der Waals surface area (Å²) in [7, 11) is 0.0586. The molecule has 0 aliphatic rings. The second-order valence-electron chi connectivity index (χ2n) is 6.49. The number of carbonyl (C=O) groups is 1. The van der Waals surface area contributed by atoms with Crippen LogP contribution in [0.3, 0.4) is 0 Å². The Morgan fingerprint density at radius 3 is 2.48 bits per heavy atom. The van der Waals surface area contributed by atoms with E-state index < -0.39 is 10.0 Å².